The van der Waals surface area contributed by atoms with E-state index in [1.165, 1.54) is 50.8 Å². The average molecular weight is 480 g/mol. The fourth-order valence-corrected chi connectivity index (χ4v) is 6.84. The number of rotatable bonds is 9. The molecule has 0 aromatic heterocycles. The summed E-state index contributed by atoms with van der Waals surface area (Å²) in [4.78, 5) is 16.4. The van der Waals surface area contributed by atoms with Crippen molar-refractivity contribution in [3.05, 3.63) is 54.1 Å². The molecule has 1 aromatic rings. The zero-order valence-corrected chi connectivity index (χ0v) is 21.5. The third-order valence-electron chi connectivity index (χ3n) is 9.11. The number of nitrogens with zero attached hydrogens (tertiary/aromatic N) is 2. The zero-order chi connectivity index (χ0) is 24.1. The van der Waals surface area contributed by atoms with Crippen LogP contribution in [0.25, 0.3) is 0 Å². The number of fused-ring (bicyclic) bond motifs is 3. The number of allylic oxidation sites excluding steroid dienone is 3. The molecule has 2 bridgehead atoms. The second kappa shape index (κ2) is 10.9. The summed E-state index contributed by atoms with van der Waals surface area (Å²) in [5.41, 5.74) is 0.598. The van der Waals surface area contributed by atoms with Crippen LogP contribution in [0, 0.1) is 5.92 Å². The maximum Gasteiger partial charge on any atom is 0.331 e. The number of quaternary nitrogens is 1. The van der Waals surface area contributed by atoms with Gasteiger partial charge in [0, 0.05) is 25.2 Å². The van der Waals surface area contributed by atoms with Gasteiger partial charge in [0.05, 0.1) is 26.2 Å². The first-order valence-corrected chi connectivity index (χ1v) is 13.9. The lowest BCUT2D eigenvalue weighted by Crippen LogP contribution is -2.66. The van der Waals surface area contributed by atoms with Crippen LogP contribution in [-0.4, -0.2) is 72.9 Å². The van der Waals surface area contributed by atoms with Crippen molar-refractivity contribution in [1.29, 1.82) is 0 Å². The van der Waals surface area contributed by atoms with Crippen molar-refractivity contribution < 1.29 is 18.8 Å². The van der Waals surface area contributed by atoms with Crippen LogP contribution in [0.4, 0.5) is 0 Å². The molecule has 0 radical (unpaired) electrons. The van der Waals surface area contributed by atoms with E-state index in [-0.39, 0.29) is 12.1 Å². The lowest BCUT2D eigenvalue weighted by Gasteiger charge is -2.53. The van der Waals surface area contributed by atoms with E-state index in [0.29, 0.717) is 5.92 Å². The first kappa shape index (κ1) is 24.6. The van der Waals surface area contributed by atoms with Crippen LogP contribution in [0.15, 0.2) is 54.1 Å². The van der Waals surface area contributed by atoms with Crippen LogP contribution >= 0.6 is 0 Å². The van der Waals surface area contributed by atoms with Crippen LogP contribution in [0.3, 0.4) is 0 Å². The van der Waals surface area contributed by atoms with Crippen molar-refractivity contribution in [2.24, 2.45) is 5.92 Å². The van der Waals surface area contributed by atoms with Gasteiger partial charge in [-0.3, -0.25) is 4.90 Å². The highest BCUT2D eigenvalue weighted by atomic mass is 16.5. The Bertz CT molecular complexity index is 913. The Morgan fingerprint density at radius 3 is 2.60 bits per heavy atom. The Morgan fingerprint density at radius 1 is 1.11 bits per heavy atom. The summed E-state index contributed by atoms with van der Waals surface area (Å²) in [5.74, 6) is 1.45. The Hall–Kier alpha value is -2.11. The summed E-state index contributed by atoms with van der Waals surface area (Å²) < 4.78 is 13.5. The summed E-state index contributed by atoms with van der Waals surface area (Å²) in [6.45, 7) is 9.35. The number of piperidine rings is 4. The number of carbonyl (C=O) groups excluding carboxylic acids is 1. The van der Waals surface area contributed by atoms with E-state index in [9.17, 15) is 4.79 Å². The van der Waals surface area contributed by atoms with Crippen molar-refractivity contribution in [2.75, 3.05) is 45.9 Å². The van der Waals surface area contributed by atoms with Crippen molar-refractivity contribution in [1.82, 2.24) is 4.90 Å². The molecule has 1 aliphatic carbocycles. The quantitative estimate of drug-likeness (QED) is 0.280. The maximum atomic E-state index is 14.0. The number of para-hydroxylation sites is 1. The molecule has 4 aliphatic heterocycles. The summed E-state index contributed by atoms with van der Waals surface area (Å²) >= 11 is 0. The SMILES string of the molecule is CC(C(=O)OC1C[N+]2(CCCOc3ccccc3)CCC1CC2)(C1=CC=CCC1)N1CCCCC1. The molecule has 2 unspecified atom stereocenters. The molecule has 5 aliphatic rings. The van der Waals surface area contributed by atoms with Crippen molar-refractivity contribution >= 4 is 5.97 Å². The van der Waals surface area contributed by atoms with Gasteiger partial charge in [0.2, 0.25) is 0 Å². The van der Waals surface area contributed by atoms with Gasteiger partial charge in [-0.1, -0.05) is 42.8 Å². The molecule has 2 atom stereocenters. The summed E-state index contributed by atoms with van der Waals surface area (Å²) in [6.07, 6.45) is 15.5. The van der Waals surface area contributed by atoms with E-state index in [0.717, 1.165) is 62.3 Å². The normalized spacial score (nSPS) is 30.4. The lowest BCUT2D eigenvalue weighted by molar-refractivity contribution is -0.946. The molecule has 5 nitrogen and oxygen atoms in total. The fraction of sp³-hybridized carbons (Fsp3) is 0.633. The van der Waals surface area contributed by atoms with Crippen LogP contribution in [0.2, 0.25) is 0 Å². The predicted molar refractivity (Wildman–Crippen MR) is 139 cm³/mol. The largest absolute Gasteiger partial charge is 0.493 e. The smallest absolute Gasteiger partial charge is 0.331 e. The molecule has 4 heterocycles. The number of carbonyl (C=O) groups is 1. The third-order valence-corrected chi connectivity index (χ3v) is 9.11. The Morgan fingerprint density at radius 2 is 1.89 bits per heavy atom. The zero-order valence-electron chi connectivity index (χ0n) is 21.5. The highest BCUT2D eigenvalue weighted by Crippen LogP contribution is 2.39. The van der Waals surface area contributed by atoms with Gasteiger partial charge in [-0.2, -0.15) is 0 Å². The number of esters is 1. The van der Waals surface area contributed by atoms with E-state index in [1.807, 2.05) is 30.3 Å². The van der Waals surface area contributed by atoms with E-state index in [1.54, 1.807) is 0 Å². The molecule has 4 saturated heterocycles. The molecular weight excluding hydrogens is 436 g/mol. The van der Waals surface area contributed by atoms with Gasteiger partial charge in [0.1, 0.15) is 17.8 Å². The lowest BCUT2D eigenvalue weighted by atomic mass is 9.81. The van der Waals surface area contributed by atoms with Crippen LogP contribution in [0.1, 0.15) is 58.3 Å². The molecule has 0 N–H and O–H groups in total. The van der Waals surface area contributed by atoms with Crippen molar-refractivity contribution in [3.63, 3.8) is 0 Å². The minimum atomic E-state index is -0.633. The van der Waals surface area contributed by atoms with Gasteiger partial charge in [-0.15, -0.1) is 0 Å². The molecule has 190 valence electrons. The highest BCUT2D eigenvalue weighted by Gasteiger charge is 2.51. The van der Waals surface area contributed by atoms with E-state index in [2.05, 4.69) is 30.1 Å². The van der Waals surface area contributed by atoms with E-state index < -0.39 is 5.54 Å². The van der Waals surface area contributed by atoms with Crippen molar-refractivity contribution in [2.45, 2.75) is 69.9 Å². The van der Waals surface area contributed by atoms with Gasteiger partial charge in [0.25, 0.3) is 0 Å². The van der Waals surface area contributed by atoms with Gasteiger partial charge >= 0.3 is 5.97 Å². The van der Waals surface area contributed by atoms with E-state index >= 15 is 0 Å². The molecule has 1 aromatic carbocycles. The molecule has 6 rings (SSSR count). The van der Waals surface area contributed by atoms with E-state index in [4.69, 9.17) is 9.47 Å². The second-order valence-electron chi connectivity index (χ2n) is 11.3. The Labute approximate surface area is 211 Å². The molecule has 0 spiro atoms. The minimum Gasteiger partial charge on any atom is -0.493 e. The second-order valence-corrected chi connectivity index (χ2v) is 11.3. The molecule has 35 heavy (non-hydrogen) atoms. The summed E-state index contributed by atoms with van der Waals surface area (Å²) in [5, 5.41) is 0. The number of hydrogen-bond acceptors (Lipinski definition) is 4. The first-order chi connectivity index (χ1) is 17.1. The topological polar surface area (TPSA) is 38.8 Å². The molecule has 0 amide bonds. The number of likely N-dealkylation sites (tertiary alicyclic amines) is 1. The van der Waals surface area contributed by atoms with Gasteiger partial charge < -0.3 is 14.0 Å². The monoisotopic (exact) mass is 479 g/mol. The minimum absolute atomic E-state index is 0.00902. The van der Waals surface area contributed by atoms with Gasteiger partial charge in [-0.05, 0) is 63.4 Å². The maximum absolute atomic E-state index is 14.0. The van der Waals surface area contributed by atoms with Crippen LogP contribution in [0.5, 0.6) is 5.75 Å². The summed E-state index contributed by atoms with van der Waals surface area (Å²) in [7, 11) is 0. The molecule has 0 saturated carbocycles. The Balaban J connectivity index is 1.23. The van der Waals surface area contributed by atoms with Crippen LogP contribution < -0.4 is 4.74 Å². The van der Waals surface area contributed by atoms with Gasteiger partial charge in [0.15, 0.2) is 6.10 Å². The molecular formula is C30H43N2O3+. The van der Waals surface area contributed by atoms with Gasteiger partial charge in [-0.25, -0.2) is 4.79 Å². The standard InChI is InChI=1S/C30H43N2O3/c1-30(26-12-5-2-6-13-26,31-18-9-4-10-19-31)29(33)35-28-24-32(21-16-25(28)17-22-32)20-11-23-34-27-14-7-3-8-15-27/h2-3,5,7-8,12,14-15,25,28H,4,6,9-11,13,16-24H2,1H3/q+1. The number of hydrogen-bond donors (Lipinski definition) is 0. The number of ether oxygens (including phenoxy) is 2. The third kappa shape index (κ3) is 5.36. The fourth-order valence-electron chi connectivity index (χ4n) is 6.84. The highest BCUT2D eigenvalue weighted by molar-refractivity contribution is 5.85. The van der Waals surface area contributed by atoms with Crippen molar-refractivity contribution in [3.8, 4) is 5.75 Å². The predicted octanol–water partition coefficient (Wildman–Crippen LogP) is 5.13. The molecule has 5 heteroatoms. The number of benzene rings is 1. The Kier molecular flexibility index (Phi) is 7.64. The summed E-state index contributed by atoms with van der Waals surface area (Å²) in [6, 6.07) is 10.1. The average Bonchev–Trinajstić information content (AvgIpc) is 2.93. The first-order valence-electron chi connectivity index (χ1n) is 13.9. The van der Waals surface area contributed by atoms with Crippen LogP contribution in [-0.2, 0) is 9.53 Å². The molecule has 4 fully saturated rings.